The van der Waals surface area contributed by atoms with E-state index in [4.69, 9.17) is 4.84 Å². The molecule has 0 unspecified atom stereocenters. The minimum absolute atomic E-state index is 0.227. The Hall–Kier alpha value is -2.17. The number of hydroxylamine groups is 2. The number of carbonyl (C=O) groups is 3. The topological polar surface area (TPSA) is 63.7 Å². The van der Waals surface area contributed by atoms with Gasteiger partial charge in [0.25, 0.3) is 11.8 Å². The summed E-state index contributed by atoms with van der Waals surface area (Å²) in [5.74, 6) is -1.25. The van der Waals surface area contributed by atoms with Gasteiger partial charge in [-0.1, -0.05) is 26.0 Å². The first-order valence-corrected chi connectivity index (χ1v) is 6.67. The van der Waals surface area contributed by atoms with Crippen molar-refractivity contribution in [2.45, 2.75) is 39.0 Å². The Balaban J connectivity index is 2.07. The summed E-state index contributed by atoms with van der Waals surface area (Å²) >= 11 is 0. The van der Waals surface area contributed by atoms with E-state index in [-0.39, 0.29) is 12.8 Å². The quantitative estimate of drug-likeness (QED) is 0.795. The van der Waals surface area contributed by atoms with Gasteiger partial charge in [0.05, 0.1) is 5.56 Å². The molecule has 0 bridgehead atoms. The van der Waals surface area contributed by atoms with E-state index < -0.39 is 17.8 Å². The number of imide groups is 1. The molecule has 2 rings (SSSR count). The van der Waals surface area contributed by atoms with Crippen molar-refractivity contribution in [3.63, 3.8) is 0 Å². The van der Waals surface area contributed by atoms with Crippen LogP contribution < -0.4 is 0 Å². The fourth-order valence-corrected chi connectivity index (χ4v) is 1.97. The van der Waals surface area contributed by atoms with E-state index in [1.807, 2.05) is 12.1 Å². The Morgan fingerprint density at radius 3 is 2.15 bits per heavy atom. The minimum Gasteiger partial charge on any atom is -0.325 e. The zero-order chi connectivity index (χ0) is 14.7. The van der Waals surface area contributed by atoms with Crippen molar-refractivity contribution < 1.29 is 19.2 Å². The van der Waals surface area contributed by atoms with Gasteiger partial charge >= 0.3 is 5.97 Å². The molecular weight excluding hydrogens is 258 g/mol. The molecule has 2 amide bonds. The summed E-state index contributed by atoms with van der Waals surface area (Å²) in [5.41, 5.74) is 1.42. The van der Waals surface area contributed by atoms with E-state index in [9.17, 15) is 14.4 Å². The second-order valence-corrected chi connectivity index (χ2v) is 5.09. The molecule has 1 aliphatic heterocycles. The number of benzene rings is 1. The van der Waals surface area contributed by atoms with E-state index >= 15 is 0 Å². The molecule has 0 aliphatic carbocycles. The molecule has 0 aromatic heterocycles. The maximum atomic E-state index is 11.9. The zero-order valence-corrected chi connectivity index (χ0v) is 11.6. The first-order chi connectivity index (χ1) is 9.49. The van der Waals surface area contributed by atoms with Crippen molar-refractivity contribution in [1.29, 1.82) is 0 Å². The lowest BCUT2D eigenvalue weighted by Crippen LogP contribution is -2.41. The number of amides is 2. The molecule has 0 radical (unpaired) electrons. The number of hydrogen-bond acceptors (Lipinski definition) is 4. The van der Waals surface area contributed by atoms with Crippen molar-refractivity contribution in [2.24, 2.45) is 0 Å². The monoisotopic (exact) mass is 275 g/mol. The lowest BCUT2D eigenvalue weighted by molar-refractivity contribution is -0.184. The van der Waals surface area contributed by atoms with Crippen molar-refractivity contribution in [3.05, 3.63) is 35.4 Å². The lowest BCUT2D eigenvalue weighted by Gasteiger charge is -2.22. The van der Waals surface area contributed by atoms with Gasteiger partial charge < -0.3 is 4.84 Å². The number of piperidine rings is 1. The molecule has 20 heavy (non-hydrogen) atoms. The summed E-state index contributed by atoms with van der Waals surface area (Å²) < 4.78 is 0. The Labute approximate surface area is 117 Å². The number of carbonyl (C=O) groups excluding carboxylic acids is 3. The molecule has 1 aliphatic rings. The predicted molar refractivity (Wildman–Crippen MR) is 71.7 cm³/mol. The Morgan fingerprint density at radius 2 is 1.65 bits per heavy atom. The van der Waals surface area contributed by atoms with Crippen LogP contribution in [0.4, 0.5) is 0 Å². The second-order valence-electron chi connectivity index (χ2n) is 5.09. The van der Waals surface area contributed by atoms with Crippen molar-refractivity contribution >= 4 is 17.8 Å². The molecule has 1 fully saturated rings. The first-order valence-electron chi connectivity index (χ1n) is 6.67. The van der Waals surface area contributed by atoms with Crippen LogP contribution in [0, 0.1) is 0 Å². The van der Waals surface area contributed by atoms with Gasteiger partial charge in [-0.3, -0.25) is 9.59 Å². The summed E-state index contributed by atoms with van der Waals surface area (Å²) in [5, 5.41) is 0.586. The summed E-state index contributed by atoms with van der Waals surface area (Å²) in [7, 11) is 0. The van der Waals surface area contributed by atoms with Crippen LogP contribution in [0.2, 0.25) is 0 Å². The maximum Gasteiger partial charge on any atom is 0.363 e. The molecular formula is C15H17NO4. The summed E-state index contributed by atoms with van der Waals surface area (Å²) in [4.78, 5) is 39.9. The molecule has 0 N–H and O–H groups in total. The number of rotatable bonds is 3. The largest absolute Gasteiger partial charge is 0.363 e. The average Bonchev–Trinajstić information content (AvgIpc) is 2.43. The van der Waals surface area contributed by atoms with Gasteiger partial charge in [0, 0.05) is 12.8 Å². The van der Waals surface area contributed by atoms with E-state index in [1.54, 1.807) is 12.1 Å². The molecule has 1 saturated heterocycles. The highest BCUT2D eigenvalue weighted by Gasteiger charge is 2.30. The van der Waals surface area contributed by atoms with E-state index in [1.165, 1.54) is 0 Å². The Bertz CT molecular complexity index is 517. The highest BCUT2D eigenvalue weighted by atomic mass is 16.7. The van der Waals surface area contributed by atoms with Gasteiger partial charge in [-0.25, -0.2) is 4.79 Å². The van der Waals surface area contributed by atoms with Crippen LogP contribution in [-0.4, -0.2) is 22.8 Å². The summed E-state index contributed by atoms with van der Waals surface area (Å²) in [6.45, 7) is 4.11. The third kappa shape index (κ3) is 3.04. The fraction of sp³-hybridized carbons (Fsp3) is 0.400. The van der Waals surface area contributed by atoms with Gasteiger partial charge in [0.1, 0.15) is 0 Å². The molecule has 1 aromatic rings. The highest BCUT2D eigenvalue weighted by molar-refractivity contribution is 5.99. The fourth-order valence-electron chi connectivity index (χ4n) is 1.97. The van der Waals surface area contributed by atoms with Gasteiger partial charge in [-0.05, 0) is 30.0 Å². The summed E-state index contributed by atoms with van der Waals surface area (Å²) in [6.07, 6.45) is 0.964. The minimum atomic E-state index is -0.691. The number of nitrogens with zero attached hydrogens (tertiary/aromatic N) is 1. The summed E-state index contributed by atoms with van der Waals surface area (Å²) in [6, 6.07) is 6.94. The molecule has 0 saturated carbocycles. The van der Waals surface area contributed by atoms with E-state index in [0.29, 0.717) is 23.0 Å². The standard InChI is InChI=1S/C15H17NO4/c1-10(2)11-6-8-12(9-7-11)15(19)20-16-13(17)4-3-5-14(16)18/h6-10H,3-5H2,1-2H3. The van der Waals surface area contributed by atoms with Gasteiger partial charge in [0.15, 0.2) is 0 Å². The molecule has 5 heteroatoms. The van der Waals surface area contributed by atoms with E-state index in [2.05, 4.69) is 13.8 Å². The van der Waals surface area contributed by atoms with Crippen LogP contribution in [0.5, 0.6) is 0 Å². The van der Waals surface area contributed by atoms with Crippen molar-refractivity contribution in [2.75, 3.05) is 0 Å². The van der Waals surface area contributed by atoms with Crippen molar-refractivity contribution in [1.82, 2.24) is 5.06 Å². The Kier molecular flexibility index (Phi) is 4.17. The van der Waals surface area contributed by atoms with Gasteiger partial charge in [0.2, 0.25) is 0 Å². The van der Waals surface area contributed by atoms with Crippen LogP contribution in [0.25, 0.3) is 0 Å². The van der Waals surface area contributed by atoms with Gasteiger partial charge in [-0.2, -0.15) is 0 Å². The molecule has 0 spiro atoms. The lowest BCUT2D eigenvalue weighted by atomic mass is 10.0. The normalized spacial score (nSPS) is 15.7. The Morgan fingerprint density at radius 1 is 1.10 bits per heavy atom. The predicted octanol–water partition coefficient (Wildman–Crippen LogP) is 2.42. The van der Waals surface area contributed by atoms with Crippen LogP contribution in [0.3, 0.4) is 0 Å². The van der Waals surface area contributed by atoms with Crippen molar-refractivity contribution in [3.8, 4) is 0 Å². The van der Waals surface area contributed by atoms with E-state index in [0.717, 1.165) is 5.56 Å². The molecule has 106 valence electrons. The van der Waals surface area contributed by atoms with Crippen LogP contribution in [-0.2, 0) is 14.4 Å². The van der Waals surface area contributed by atoms with Crippen LogP contribution in [0.1, 0.15) is 54.9 Å². The zero-order valence-electron chi connectivity index (χ0n) is 11.6. The third-order valence-electron chi connectivity index (χ3n) is 3.22. The second kappa shape index (κ2) is 5.86. The first kappa shape index (κ1) is 14.2. The molecule has 1 aromatic carbocycles. The molecule has 0 atom stereocenters. The highest BCUT2D eigenvalue weighted by Crippen LogP contribution is 2.17. The van der Waals surface area contributed by atoms with Crippen LogP contribution in [0.15, 0.2) is 24.3 Å². The molecule has 1 heterocycles. The average molecular weight is 275 g/mol. The smallest absolute Gasteiger partial charge is 0.325 e. The SMILES string of the molecule is CC(C)c1ccc(C(=O)ON2C(=O)CCCC2=O)cc1. The maximum absolute atomic E-state index is 11.9. The molecule has 5 nitrogen and oxygen atoms in total. The van der Waals surface area contributed by atoms with Gasteiger partial charge in [-0.15, -0.1) is 5.06 Å². The third-order valence-corrected chi connectivity index (χ3v) is 3.22. The number of hydrogen-bond donors (Lipinski definition) is 0. The van der Waals surface area contributed by atoms with Crippen LogP contribution >= 0.6 is 0 Å².